The van der Waals surface area contributed by atoms with Gasteiger partial charge in [-0.2, -0.15) is 0 Å². The molecule has 1 heterocycles. The topological polar surface area (TPSA) is 91.1 Å². The highest BCUT2D eigenvalue weighted by Crippen LogP contribution is 2.26. The first kappa shape index (κ1) is 20.5. The lowest BCUT2D eigenvalue weighted by atomic mass is 10.0. The van der Waals surface area contributed by atoms with Gasteiger partial charge >= 0.3 is 0 Å². The highest BCUT2D eigenvalue weighted by atomic mass is 32.2. The Morgan fingerprint density at radius 1 is 0.935 bits per heavy atom. The number of sulfonamides is 1. The van der Waals surface area contributed by atoms with Gasteiger partial charge in [0.15, 0.2) is 0 Å². The van der Waals surface area contributed by atoms with E-state index in [0.717, 1.165) is 17.7 Å². The summed E-state index contributed by atoms with van der Waals surface area (Å²) in [5, 5.41) is 3.46. The van der Waals surface area contributed by atoms with Crippen LogP contribution in [0.3, 0.4) is 0 Å². The first-order valence-corrected chi connectivity index (χ1v) is 11.0. The zero-order valence-corrected chi connectivity index (χ0v) is 17.1. The quantitative estimate of drug-likeness (QED) is 0.418. The number of carbonyl (C=O) groups excluding carboxylic acids is 1. The molecule has 0 fully saturated rings. The van der Waals surface area contributed by atoms with E-state index in [1.165, 1.54) is 12.1 Å². The molecule has 0 saturated heterocycles. The van der Waals surface area contributed by atoms with Crippen molar-refractivity contribution >= 4 is 38.2 Å². The zero-order chi connectivity index (χ0) is 22.2. The van der Waals surface area contributed by atoms with Gasteiger partial charge < -0.3 is 10.3 Å². The number of H-pyrrole nitrogens is 1. The highest BCUT2D eigenvalue weighted by Gasteiger charge is 2.13. The molecule has 1 aromatic heterocycles. The lowest BCUT2D eigenvalue weighted by Gasteiger charge is -2.08. The number of anilines is 2. The largest absolute Gasteiger partial charge is 0.350 e. The van der Waals surface area contributed by atoms with Crippen LogP contribution in [0.5, 0.6) is 0 Å². The van der Waals surface area contributed by atoms with Crippen LogP contribution in [-0.4, -0.2) is 25.6 Å². The molecule has 1 amide bonds. The highest BCUT2D eigenvalue weighted by molar-refractivity contribution is 7.92. The van der Waals surface area contributed by atoms with E-state index in [2.05, 4.69) is 15.0 Å². The standard InChI is InChI=1S/C22H17F2N3O3S/c1-31(29,30)27-17-7-5-14-10-21(26-20(14)12-17)22(28)25-16-4-2-3-13(9-16)18-8-6-15(23)11-19(18)24/h2-12,26-27H,1H3,(H,25,28). The Morgan fingerprint density at radius 2 is 1.74 bits per heavy atom. The molecule has 3 N–H and O–H groups in total. The smallest absolute Gasteiger partial charge is 0.272 e. The first-order chi connectivity index (χ1) is 14.7. The number of carbonyl (C=O) groups is 1. The Labute approximate surface area is 177 Å². The van der Waals surface area contributed by atoms with Crippen molar-refractivity contribution in [1.82, 2.24) is 4.98 Å². The van der Waals surface area contributed by atoms with Crippen molar-refractivity contribution in [3.8, 4) is 11.1 Å². The van der Waals surface area contributed by atoms with Crippen molar-refractivity contribution in [2.75, 3.05) is 16.3 Å². The van der Waals surface area contributed by atoms with Crippen LogP contribution in [0, 0.1) is 11.6 Å². The van der Waals surface area contributed by atoms with Crippen LogP contribution in [0.4, 0.5) is 20.2 Å². The molecular weight excluding hydrogens is 424 g/mol. The Bertz CT molecular complexity index is 1410. The van der Waals surface area contributed by atoms with E-state index in [1.807, 2.05) is 0 Å². The molecule has 0 aliphatic heterocycles. The van der Waals surface area contributed by atoms with Crippen LogP contribution in [0.2, 0.25) is 0 Å². The summed E-state index contributed by atoms with van der Waals surface area (Å²) in [6.45, 7) is 0. The maximum atomic E-state index is 14.1. The maximum Gasteiger partial charge on any atom is 0.272 e. The molecule has 9 heteroatoms. The maximum absolute atomic E-state index is 14.1. The van der Waals surface area contributed by atoms with Crippen LogP contribution >= 0.6 is 0 Å². The number of benzene rings is 3. The number of fused-ring (bicyclic) bond motifs is 1. The van der Waals surface area contributed by atoms with Gasteiger partial charge in [0.25, 0.3) is 5.91 Å². The van der Waals surface area contributed by atoms with Crippen molar-refractivity contribution in [2.45, 2.75) is 0 Å². The summed E-state index contributed by atoms with van der Waals surface area (Å²) in [5.74, 6) is -1.79. The fourth-order valence-electron chi connectivity index (χ4n) is 3.21. The molecule has 6 nitrogen and oxygen atoms in total. The van der Waals surface area contributed by atoms with E-state index in [-0.39, 0.29) is 11.3 Å². The van der Waals surface area contributed by atoms with E-state index in [0.29, 0.717) is 22.5 Å². The van der Waals surface area contributed by atoms with E-state index in [4.69, 9.17) is 0 Å². The van der Waals surface area contributed by atoms with Gasteiger partial charge in [-0.15, -0.1) is 0 Å². The monoisotopic (exact) mass is 441 g/mol. The third-order valence-electron chi connectivity index (χ3n) is 4.53. The van der Waals surface area contributed by atoms with Crippen molar-refractivity contribution in [3.05, 3.63) is 84.1 Å². The van der Waals surface area contributed by atoms with Crippen molar-refractivity contribution < 1.29 is 22.0 Å². The van der Waals surface area contributed by atoms with Crippen LogP contribution in [-0.2, 0) is 10.0 Å². The second-order valence-corrected chi connectivity index (χ2v) is 8.77. The van der Waals surface area contributed by atoms with Crippen LogP contribution in [0.1, 0.15) is 10.5 Å². The number of halogens is 2. The van der Waals surface area contributed by atoms with Crippen LogP contribution < -0.4 is 10.0 Å². The Balaban J connectivity index is 1.57. The molecule has 0 saturated carbocycles. The van der Waals surface area contributed by atoms with Gasteiger partial charge in [-0.25, -0.2) is 17.2 Å². The van der Waals surface area contributed by atoms with Gasteiger partial charge in [0, 0.05) is 28.2 Å². The van der Waals surface area contributed by atoms with Crippen LogP contribution in [0.15, 0.2) is 66.7 Å². The third-order valence-corrected chi connectivity index (χ3v) is 5.14. The lowest BCUT2D eigenvalue weighted by Crippen LogP contribution is -2.12. The van der Waals surface area contributed by atoms with Crippen molar-refractivity contribution in [1.29, 1.82) is 0 Å². The average molecular weight is 441 g/mol. The summed E-state index contributed by atoms with van der Waals surface area (Å²) >= 11 is 0. The Hall–Kier alpha value is -3.72. The number of aromatic nitrogens is 1. The summed E-state index contributed by atoms with van der Waals surface area (Å²) in [6, 6.07) is 16.4. The van der Waals surface area contributed by atoms with E-state index in [9.17, 15) is 22.0 Å². The fraction of sp³-hybridized carbons (Fsp3) is 0.0455. The number of hydrogen-bond acceptors (Lipinski definition) is 3. The Kier molecular flexibility index (Phi) is 5.20. The van der Waals surface area contributed by atoms with Gasteiger partial charge in [-0.05, 0) is 48.0 Å². The summed E-state index contributed by atoms with van der Waals surface area (Å²) in [6.07, 6.45) is 1.05. The minimum atomic E-state index is -3.42. The minimum absolute atomic E-state index is 0.217. The summed E-state index contributed by atoms with van der Waals surface area (Å²) < 4.78 is 52.4. The number of amides is 1. The third kappa shape index (κ3) is 4.72. The molecule has 0 radical (unpaired) electrons. The van der Waals surface area contributed by atoms with E-state index >= 15 is 0 Å². The molecule has 4 rings (SSSR count). The minimum Gasteiger partial charge on any atom is -0.350 e. The van der Waals surface area contributed by atoms with Gasteiger partial charge in [0.1, 0.15) is 17.3 Å². The molecule has 0 spiro atoms. The van der Waals surface area contributed by atoms with Crippen molar-refractivity contribution in [3.63, 3.8) is 0 Å². The predicted molar refractivity (Wildman–Crippen MR) is 117 cm³/mol. The summed E-state index contributed by atoms with van der Waals surface area (Å²) in [5.41, 5.74) is 2.37. The first-order valence-electron chi connectivity index (χ1n) is 9.15. The SMILES string of the molecule is CS(=O)(=O)Nc1ccc2cc(C(=O)Nc3cccc(-c4ccc(F)cc4F)c3)[nH]c2c1. The molecule has 31 heavy (non-hydrogen) atoms. The van der Waals surface area contributed by atoms with Gasteiger partial charge in [-0.3, -0.25) is 9.52 Å². The molecule has 0 unspecified atom stereocenters. The number of rotatable bonds is 5. The number of hydrogen-bond donors (Lipinski definition) is 3. The lowest BCUT2D eigenvalue weighted by molar-refractivity contribution is 0.102. The average Bonchev–Trinajstić information content (AvgIpc) is 3.10. The molecule has 0 aliphatic carbocycles. The van der Waals surface area contributed by atoms with E-state index < -0.39 is 27.6 Å². The van der Waals surface area contributed by atoms with Gasteiger partial charge in [0.2, 0.25) is 10.0 Å². The van der Waals surface area contributed by atoms with Crippen molar-refractivity contribution in [2.24, 2.45) is 0 Å². The predicted octanol–water partition coefficient (Wildman–Crippen LogP) is 4.74. The van der Waals surface area contributed by atoms with Gasteiger partial charge in [0.05, 0.1) is 11.9 Å². The second kappa shape index (κ2) is 7.84. The molecule has 0 bridgehead atoms. The normalized spacial score (nSPS) is 11.5. The summed E-state index contributed by atoms with van der Waals surface area (Å²) in [4.78, 5) is 15.6. The number of aromatic amines is 1. The Morgan fingerprint density at radius 3 is 2.48 bits per heavy atom. The molecule has 0 atom stereocenters. The molecule has 3 aromatic carbocycles. The summed E-state index contributed by atoms with van der Waals surface area (Å²) in [7, 11) is -3.42. The molecule has 158 valence electrons. The van der Waals surface area contributed by atoms with E-state index in [1.54, 1.807) is 48.5 Å². The molecule has 0 aliphatic rings. The molecular formula is C22H17F2N3O3S. The zero-order valence-electron chi connectivity index (χ0n) is 16.2. The van der Waals surface area contributed by atoms with Gasteiger partial charge in [-0.1, -0.05) is 18.2 Å². The number of nitrogens with one attached hydrogen (secondary N) is 3. The molecule has 4 aromatic rings. The second-order valence-electron chi connectivity index (χ2n) is 7.02. The van der Waals surface area contributed by atoms with Crippen LogP contribution in [0.25, 0.3) is 22.0 Å². The fourth-order valence-corrected chi connectivity index (χ4v) is 3.77.